The van der Waals surface area contributed by atoms with Gasteiger partial charge in [-0.1, -0.05) is 34.6 Å². The zero-order chi connectivity index (χ0) is 16.9. The minimum Gasteiger partial charge on any atom is -0.383 e. The van der Waals surface area contributed by atoms with E-state index in [0.29, 0.717) is 6.54 Å². The highest BCUT2D eigenvalue weighted by molar-refractivity contribution is 7.47. The number of aliphatic hydroxyl groups excluding tert-OH is 1. The Labute approximate surface area is 126 Å². The summed E-state index contributed by atoms with van der Waals surface area (Å²) in [5, 5.41) is 12.7. The van der Waals surface area contributed by atoms with Crippen molar-refractivity contribution in [1.82, 2.24) is 5.32 Å². The van der Waals surface area contributed by atoms with Crippen LogP contribution in [0, 0.1) is 10.8 Å². The van der Waals surface area contributed by atoms with Gasteiger partial charge in [0.05, 0.1) is 6.61 Å². The molecule has 0 rings (SSSR count). The van der Waals surface area contributed by atoms with E-state index in [1.165, 1.54) is 0 Å². The van der Waals surface area contributed by atoms with Gasteiger partial charge in [0.15, 0.2) is 0 Å². The Morgan fingerprint density at radius 2 is 1.81 bits per heavy atom. The number of aliphatic hydroxyl groups is 1. The summed E-state index contributed by atoms with van der Waals surface area (Å²) in [6.07, 6.45) is -0.577. The van der Waals surface area contributed by atoms with Gasteiger partial charge >= 0.3 is 7.82 Å². The van der Waals surface area contributed by atoms with Crippen molar-refractivity contribution >= 4 is 13.7 Å². The van der Waals surface area contributed by atoms with E-state index >= 15 is 0 Å². The maximum absolute atomic E-state index is 11.9. The fourth-order valence-corrected chi connectivity index (χ4v) is 1.99. The van der Waals surface area contributed by atoms with Gasteiger partial charge in [0.1, 0.15) is 6.10 Å². The van der Waals surface area contributed by atoms with Crippen LogP contribution in [0.1, 0.15) is 41.0 Å². The van der Waals surface area contributed by atoms with Crippen LogP contribution >= 0.6 is 7.82 Å². The molecule has 8 heteroatoms. The van der Waals surface area contributed by atoms with Crippen molar-refractivity contribution in [1.29, 1.82) is 0 Å². The molecule has 0 aliphatic carbocycles. The number of amides is 1. The third kappa shape index (κ3) is 8.53. The van der Waals surface area contributed by atoms with Gasteiger partial charge in [-0.3, -0.25) is 13.8 Å². The molecule has 3 N–H and O–H groups in total. The van der Waals surface area contributed by atoms with E-state index in [1.807, 2.05) is 0 Å². The predicted octanol–water partition coefficient (Wildman–Crippen LogP) is 1.69. The summed E-state index contributed by atoms with van der Waals surface area (Å²) in [5.41, 5.74) is -0.943. The SMILES string of the molecule is COP(=O)(O)OCC(C)(C)C(O)C(=O)NCCC(C)(C)C. The number of phosphoric acid groups is 1. The minimum atomic E-state index is -4.13. The van der Waals surface area contributed by atoms with Crippen molar-refractivity contribution in [2.45, 2.75) is 47.1 Å². The Morgan fingerprint density at radius 1 is 1.29 bits per heavy atom. The Bertz CT molecular complexity index is 391. The van der Waals surface area contributed by atoms with Gasteiger partial charge < -0.3 is 15.3 Å². The number of carbonyl (C=O) groups excluding carboxylic acids is 1. The van der Waals surface area contributed by atoms with E-state index in [-0.39, 0.29) is 12.0 Å². The minimum absolute atomic E-state index is 0.0822. The highest BCUT2D eigenvalue weighted by Crippen LogP contribution is 2.43. The summed E-state index contributed by atoms with van der Waals surface area (Å²) in [5.74, 6) is -0.530. The molecule has 126 valence electrons. The molecule has 0 saturated carbocycles. The number of nitrogens with one attached hydrogen (secondary N) is 1. The summed E-state index contributed by atoms with van der Waals surface area (Å²) in [6, 6.07) is 0. The third-order valence-corrected chi connectivity index (χ3v) is 3.91. The van der Waals surface area contributed by atoms with Crippen LogP contribution in [-0.4, -0.2) is 42.3 Å². The molecular formula is C13H28NO6P. The van der Waals surface area contributed by atoms with Gasteiger partial charge in [-0.05, 0) is 11.8 Å². The second-order valence-electron chi connectivity index (χ2n) is 6.92. The topological polar surface area (TPSA) is 105 Å². The molecule has 0 aromatic heterocycles. The summed E-state index contributed by atoms with van der Waals surface area (Å²) < 4.78 is 20.2. The lowest BCUT2D eigenvalue weighted by molar-refractivity contribution is -0.137. The highest BCUT2D eigenvalue weighted by atomic mass is 31.2. The molecule has 1 amide bonds. The molecule has 0 bridgehead atoms. The van der Waals surface area contributed by atoms with E-state index in [2.05, 4.69) is 30.6 Å². The third-order valence-electron chi connectivity index (χ3n) is 2.99. The molecule has 2 atom stereocenters. The summed E-state index contributed by atoms with van der Waals surface area (Å²) in [6.45, 7) is 9.45. The molecule has 0 spiro atoms. The lowest BCUT2D eigenvalue weighted by atomic mass is 9.87. The molecule has 21 heavy (non-hydrogen) atoms. The maximum Gasteiger partial charge on any atom is 0.471 e. The molecule has 0 aliphatic heterocycles. The zero-order valence-electron chi connectivity index (χ0n) is 13.7. The van der Waals surface area contributed by atoms with Crippen molar-refractivity contribution in [3.05, 3.63) is 0 Å². The lowest BCUT2D eigenvalue weighted by Gasteiger charge is -2.30. The summed E-state index contributed by atoms with van der Waals surface area (Å²) in [7, 11) is -3.08. The molecule has 0 aliphatic rings. The molecular weight excluding hydrogens is 297 g/mol. The van der Waals surface area contributed by atoms with E-state index in [0.717, 1.165) is 13.5 Å². The first-order valence-electron chi connectivity index (χ1n) is 6.79. The van der Waals surface area contributed by atoms with Gasteiger partial charge in [0, 0.05) is 19.1 Å². The lowest BCUT2D eigenvalue weighted by Crippen LogP contribution is -2.46. The van der Waals surface area contributed by atoms with Crippen LogP contribution in [0.15, 0.2) is 0 Å². The first-order valence-corrected chi connectivity index (χ1v) is 8.29. The molecule has 0 fully saturated rings. The van der Waals surface area contributed by atoms with Gasteiger partial charge in [0.2, 0.25) is 5.91 Å². The molecule has 0 radical (unpaired) electrons. The Morgan fingerprint density at radius 3 is 2.24 bits per heavy atom. The second-order valence-corrected chi connectivity index (χ2v) is 8.48. The van der Waals surface area contributed by atoms with E-state index in [1.54, 1.807) is 13.8 Å². The van der Waals surface area contributed by atoms with Crippen LogP contribution in [0.2, 0.25) is 0 Å². The average Bonchev–Trinajstić information content (AvgIpc) is 2.34. The largest absolute Gasteiger partial charge is 0.471 e. The van der Waals surface area contributed by atoms with Crippen LogP contribution < -0.4 is 5.32 Å². The molecule has 0 aromatic rings. The Balaban J connectivity index is 4.42. The number of phosphoric ester groups is 1. The van der Waals surface area contributed by atoms with Gasteiger partial charge in [-0.25, -0.2) is 4.57 Å². The summed E-state index contributed by atoms with van der Waals surface area (Å²) >= 11 is 0. The number of rotatable bonds is 8. The monoisotopic (exact) mass is 325 g/mol. The van der Waals surface area contributed by atoms with Crippen molar-refractivity contribution in [2.75, 3.05) is 20.3 Å². The first-order chi connectivity index (χ1) is 9.31. The van der Waals surface area contributed by atoms with Crippen molar-refractivity contribution in [3.8, 4) is 0 Å². The fourth-order valence-electron chi connectivity index (χ4n) is 1.39. The predicted molar refractivity (Wildman–Crippen MR) is 79.7 cm³/mol. The summed E-state index contributed by atoms with van der Waals surface area (Å²) in [4.78, 5) is 21.1. The Kier molecular flexibility index (Phi) is 7.53. The fraction of sp³-hybridized carbons (Fsp3) is 0.923. The molecule has 7 nitrogen and oxygen atoms in total. The molecule has 0 heterocycles. The van der Waals surface area contributed by atoms with Crippen LogP contribution in [0.25, 0.3) is 0 Å². The zero-order valence-corrected chi connectivity index (χ0v) is 14.6. The average molecular weight is 325 g/mol. The van der Waals surface area contributed by atoms with Crippen molar-refractivity contribution < 1.29 is 28.4 Å². The van der Waals surface area contributed by atoms with Gasteiger partial charge in [-0.2, -0.15) is 0 Å². The second kappa shape index (κ2) is 7.70. The van der Waals surface area contributed by atoms with Crippen LogP contribution in [0.3, 0.4) is 0 Å². The van der Waals surface area contributed by atoms with Crippen molar-refractivity contribution in [2.24, 2.45) is 10.8 Å². The van der Waals surface area contributed by atoms with E-state index in [9.17, 15) is 14.5 Å². The Hall–Kier alpha value is -0.460. The van der Waals surface area contributed by atoms with Crippen molar-refractivity contribution in [3.63, 3.8) is 0 Å². The normalized spacial score (nSPS) is 17.1. The quantitative estimate of drug-likeness (QED) is 0.587. The van der Waals surface area contributed by atoms with E-state index in [4.69, 9.17) is 9.42 Å². The number of carbonyl (C=O) groups is 1. The number of hydrogen-bond donors (Lipinski definition) is 3. The van der Waals surface area contributed by atoms with Gasteiger partial charge in [0.25, 0.3) is 0 Å². The van der Waals surface area contributed by atoms with Crippen LogP contribution in [-0.2, 0) is 18.4 Å². The first kappa shape index (κ1) is 20.5. The van der Waals surface area contributed by atoms with Gasteiger partial charge in [-0.15, -0.1) is 0 Å². The standard InChI is InChI=1S/C13H28NO6P/c1-12(2,3)7-8-14-11(16)10(15)13(4,5)9-20-21(17,18)19-6/h10,15H,7-9H2,1-6H3,(H,14,16)(H,17,18). The highest BCUT2D eigenvalue weighted by Gasteiger charge is 2.36. The molecule has 0 aromatic carbocycles. The van der Waals surface area contributed by atoms with E-state index < -0.39 is 25.2 Å². The van der Waals surface area contributed by atoms with Crippen LogP contribution in [0.5, 0.6) is 0 Å². The van der Waals surface area contributed by atoms with Crippen LogP contribution in [0.4, 0.5) is 0 Å². The molecule has 0 saturated heterocycles. The molecule has 2 unspecified atom stereocenters. The number of hydrogen-bond acceptors (Lipinski definition) is 5. The maximum atomic E-state index is 11.9. The smallest absolute Gasteiger partial charge is 0.383 e.